The van der Waals surface area contributed by atoms with Gasteiger partial charge in [0.15, 0.2) is 5.65 Å². The molecule has 1 atom stereocenters. The summed E-state index contributed by atoms with van der Waals surface area (Å²) in [5.41, 5.74) is 1.46. The van der Waals surface area contributed by atoms with E-state index in [1.165, 1.54) is 0 Å². The van der Waals surface area contributed by atoms with Crippen LogP contribution in [0.3, 0.4) is 0 Å². The predicted molar refractivity (Wildman–Crippen MR) is 81.0 cm³/mol. The van der Waals surface area contributed by atoms with Gasteiger partial charge in [0.05, 0.1) is 0 Å². The molecule has 110 valence electrons. The predicted octanol–water partition coefficient (Wildman–Crippen LogP) is 1.52. The standard InChI is InChI=1S/C15H19N5O/c1-2-14(21)18-11-4-3-9-20(10-11)13-6-5-12-15(19-13)17-8-7-16-12/h5-8,11H,2-4,9-10H2,1H3,(H,18,21). The van der Waals surface area contributed by atoms with Crippen LogP contribution in [0.1, 0.15) is 26.2 Å². The maximum atomic E-state index is 11.5. The van der Waals surface area contributed by atoms with Gasteiger partial charge in [0, 0.05) is 37.9 Å². The summed E-state index contributed by atoms with van der Waals surface area (Å²) in [4.78, 5) is 26.8. The van der Waals surface area contributed by atoms with E-state index in [1.807, 2.05) is 19.1 Å². The average molecular weight is 285 g/mol. The van der Waals surface area contributed by atoms with E-state index in [2.05, 4.69) is 25.2 Å². The SMILES string of the molecule is CCC(=O)NC1CCCN(c2ccc3nccnc3n2)C1. The van der Waals surface area contributed by atoms with Crippen molar-refractivity contribution in [2.75, 3.05) is 18.0 Å². The summed E-state index contributed by atoms with van der Waals surface area (Å²) in [5.74, 6) is 1.01. The molecule has 1 aliphatic rings. The molecule has 1 amide bonds. The van der Waals surface area contributed by atoms with Crippen molar-refractivity contribution in [3.05, 3.63) is 24.5 Å². The first kappa shape index (κ1) is 13.7. The van der Waals surface area contributed by atoms with Crippen LogP contribution in [-0.2, 0) is 4.79 Å². The van der Waals surface area contributed by atoms with Crippen LogP contribution in [-0.4, -0.2) is 40.0 Å². The number of nitrogens with one attached hydrogen (secondary N) is 1. The monoisotopic (exact) mass is 285 g/mol. The smallest absolute Gasteiger partial charge is 0.219 e. The second kappa shape index (κ2) is 6.03. The Morgan fingerprint density at radius 2 is 2.24 bits per heavy atom. The molecule has 1 fully saturated rings. The van der Waals surface area contributed by atoms with Gasteiger partial charge in [0.1, 0.15) is 11.3 Å². The van der Waals surface area contributed by atoms with Gasteiger partial charge in [-0.3, -0.25) is 9.78 Å². The highest BCUT2D eigenvalue weighted by atomic mass is 16.1. The Bertz CT molecular complexity index is 645. The number of carbonyl (C=O) groups excluding carboxylic acids is 1. The number of piperidine rings is 1. The minimum Gasteiger partial charge on any atom is -0.354 e. The summed E-state index contributed by atoms with van der Waals surface area (Å²) in [7, 11) is 0. The van der Waals surface area contributed by atoms with Crippen molar-refractivity contribution in [3.63, 3.8) is 0 Å². The van der Waals surface area contributed by atoms with Crippen LogP contribution in [0, 0.1) is 0 Å². The first-order valence-corrected chi connectivity index (χ1v) is 7.38. The fourth-order valence-corrected chi connectivity index (χ4v) is 2.65. The van der Waals surface area contributed by atoms with Crippen molar-refractivity contribution in [1.29, 1.82) is 0 Å². The lowest BCUT2D eigenvalue weighted by molar-refractivity contribution is -0.121. The molecule has 1 saturated heterocycles. The van der Waals surface area contributed by atoms with E-state index in [4.69, 9.17) is 0 Å². The normalized spacial score (nSPS) is 18.7. The minimum absolute atomic E-state index is 0.110. The number of amides is 1. The summed E-state index contributed by atoms with van der Waals surface area (Å²) in [6.45, 7) is 3.63. The molecule has 3 heterocycles. The van der Waals surface area contributed by atoms with Gasteiger partial charge in [-0.15, -0.1) is 0 Å². The number of hydrogen-bond donors (Lipinski definition) is 1. The lowest BCUT2D eigenvalue weighted by Gasteiger charge is -2.34. The van der Waals surface area contributed by atoms with Crippen molar-refractivity contribution in [2.24, 2.45) is 0 Å². The molecule has 0 bridgehead atoms. The molecule has 0 aromatic carbocycles. The van der Waals surface area contributed by atoms with Crippen molar-refractivity contribution < 1.29 is 4.79 Å². The van der Waals surface area contributed by atoms with Crippen molar-refractivity contribution in [1.82, 2.24) is 20.3 Å². The van der Waals surface area contributed by atoms with Gasteiger partial charge in [0.2, 0.25) is 5.91 Å². The number of pyridine rings is 1. The number of fused-ring (bicyclic) bond motifs is 1. The third kappa shape index (κ3) is 3.09. The van der Waals surface area contributed by atoms with Crippen LogP contribution in [0.15, 0.2) is 24.5 Å². The third-order valence-corrected chi connectivity index (χ3v) is 3.75. The molecule has 0 saturated carbocycles. The second-order valence-corrected chi connectivity index (χ2v) is 5.27. The molecular formula is C15H19N5O. The van der Waals surface area contributed by atoms with Crippen molar-refractivity contribution in [2.45, 2.75) is 32.2 Å². The molecule has 2 aromatic rings. The van der Waals surface area contributed by atoms with Crippen LogP contribution in [0.5, 0.6) is 0 Å². The van der Waals surface area contributed by atoms with Crippen molar-refractivity contribution in [3.8, 4) is 0 Å². The molecule has 6 nitrogen and oxygen atoms in total. The largest absolute Gasteiger partial charge is 0.354 e. The number of hydrogen-bond acceptors (Lipinski definition) is 5. The van der Waals surface area contributed by atoms with Crippen LogP contribution < -0.4 is 10.2 Å². The molecule has 1 aliphatic heterocycles. The molecular weight excluding hydrogens is 266 g/mol. The fourth-order valence-electron chi connectivity index (χ4n) is 2.65. The molecule has 1 unspecified atom stereocenters. The highest BCUT2D eigenvalue weighted by Crippen LogP contribution is 2.19. The number of anilines is 1. The summed E-state index contributed by atoms with van der Waals surface area (Å²) in [5, 5.41) is 3.07. The Balaban J connectivity index is 1.76. The van der Waals surface area contributed by atoms with E-state index < -0.39 is 0 Å². The molecule has 6 heteroatoms. The first-order valence-electron chi connectivity index (χ1n) is 7.38. The van der Waals surface area contributed by atoms with E-state index in [0.717, 1.165) is 37.3 Å². The topological polar surface area (TPSA) is 71.0 Å². The molecule has 0 aliphatic carbocycles. The van der Waals surface area contributed by atoms with Gasteiger partial charge in [-0.2, -0.15) is 0 Å². The lowest BCUT2D eigenvalue weighted by Crippen LogP contribution is -2.47. The van der Waals surface area contributed by atoms with E-state index in [1.54, 1.807) is 12.4 Å². The minimum atomic E-state index is 0.110. The van der Waals surface area contributed by atoms with Gasteiger partial charge in [0.25, 0.3) is 0 Å². The Hall–Kier alpha value is -2.24. The molecule has 1 N–H and O–H groups in total. The van der Waals surface area contributed by atoms with Gasteiger partial charge in [-0.25, -0.2) is 9.97 Å². The zero-order chi connectivity index (χ0) is 14.7. The zero-order valence-corrected chi connectivity index (χ0v) is 12.1. The van der Waals surface area contributed by atoms with Crippen LogP contribution >= 0.6 is 0 Å². The van der Waals surface area contributed by atoms with Gasteiger partial charge in [-0.05, 0) is 25.0 Å². The number of rotatable bonds is 3. The first-order chi connectivity index (χ1) is 10.3. The molecule has 2 aromatic heterocycles. The maximum Gasteiger partial charge on any atom is 0.219 e. The van der Waals surface area contributed by atoms with Crippen LogP contribution in [0.4, 0.5) is 5.82 Å². The summed E-state index contributed by atoms with van der Waals surface area (Å²) >= 11 is 0. The number of carbonyl (C=O) groups is 1. The van der Waals surface area contributed by atoms with Crippen LogP contribution in [0.25, 0.3) is 11.2 Å². The molecule has 21 heavy (non-hydrogen) atoms. The molecule has 0 radical (unpaired) electrons. The molecule has 3 rings (SSSR count). The molecule has 0 spiro atoms. The van der Waals surface area contributed by atoms with E-state index in [0.29, 0.717) is 12.1 Å². The summed E-state index contributed by atoms with van der Waals surface area (Å²) in [6, 6.07) is 4.12. The Labute approximate surface area is 123 Å². The highest BCUT2D eigenvalue weighted by Gasteiger charge is 2.22. The second-order valence-electron chi connectivity index (χ2n) is 5.27. The Morgan fingerprint density at radius 3 is 3.10 bits per heavy atom. The lowest BCUT2D eigenvalue weighted by atomic mass is 10.1. The highest BCUT2D eigenvalue weighted by molar-refractivity contribution is 5.76. The fraction of sp³-hybridized carbons (Fsp3) is 0.467. The van der Waals surface area contributed by atoms with Gasteiger partial charge in [-0.1, -0.05) is 6.92 Å². The number of aromatic nitrogens is 3. The van der Waals surface area contributed by atoms with Crippen LogP contribution in [0.2, 0.25) is 0 Å². The van der Waals surface area contributed by atoms with E-state index >= 15 is 0 Å². The van der Waals surface area contributed by atoms with E-state index in [9.17, 15) is 4.79 Å². The number of nitrogens with zero attached hydrogens (tertiary/aromatic N) is 4. The third-order valence-electron chi connectivity index (χ3n) is 3.75. The summed E-state index contributed by atoms with van der Waals surface area (Å²) < 4.78 is 0. The van der Waals surface area contributed by atoms with Gasteiger partial charge >= 0.3 is 0 Å². The maximum absolute atomic E-state index is 11.5. The zero-order valence-electron chi connectivity index (χ0n) is 12.1. The van der Waals surface area contributed by atoms with E-state index in [-0.39, 0.29) is 11.9 Å². The Morgan fingerprint density at radius 1 is 1.38 bits per heavy atom. The summed E-state index contributed by atoms with van der Waals surface area (Å²) in [6.07, 6.45) is 5.92. The van der Waals surface area contributed by atoms with Gasteiger partial charge < -0.3 is 10.2 Å². The quantitative estimate of drug-likeness (QED) is 0.925. The average Bonchev–Trinajstić information content (AvgIpc) is 2.54. The Kier molecular flexibility index (Phi) is 3.94. The van der Waals surface area contributed by atoms with Crippen molar-refractivity contribution >= 4 is 22.9 Å².